The van der Waals surface area contributed by atoms with E-state index in [1.54, 1.807) is 12.3 Å². The molecule has 0 unspecified atom stereocenters. The number of nitrogens with one attached hydrogen (secondary N) is 1. The fourth-order valence-corrected chi connectivity index (χ4v) is 2.06. The lowest BCUT2D eigenvalue weighted by Gasteiger charge is -2.01. The van der Waals surface area contributed by atoms with Gasteiger partial charge in [0.25, 0.3) is 0 Å². The molecule has 2 aromatic heterocycles. The zero-order valence-corrected chi connectivity index (χ0v) is 9.34. The average Bonchev–Trinajstić information content (AvgIpc) is 2.64. The van der Waals surface area contributed by atoms with E-state index in [4.69, 9.17) is 5.73 Å². The molecule has 72 valence electrons. The minimum Gasteiger partial charge on any atom is -0.384 e. The van der Waals surface area contributed by atoms with Crippen molar-refractivity contribution in [2.45, 2.75) is 10.1 Å². The van der Waals surface area contributed by atoms with Crippen molar-refractivity contribution in [2.24, 2.45) is 0 Å². The summed E-state index contributed by atoms with van der Waals surface area (Å²) >= 11 is 4.81. The second-order valence-corrected chi connectivity index (χ2v) is 4.32. The number of hydrogen-bond donors (Lipinski definition) is 2. The van der Waals surface area contributed by atoms with Gasteiger partial charge in [-0.15, -0.1) is 0 Å². The maximum Gasteiger partial charge on any atom is 0.188 e. The van der Waals surface area contributed by atoms with Gasteiger partial charge in [-0.25, -0.2) is 9.97 Å². The molecule has 3 N–H and O–H groups in total. The number of halogens is 1. The highest BCUT2D eigenvalue weighted by atomic mass is 79.9. The van der Waals surface area contributed by atoms with Gasteiger partial charge in [0, 0.05) is 11.1 Å². The van der Waals surface area contributed by atoms with E-state index in [2.05, 4.69) is 36.1 Å². The summed E-state index contributed by atoms with van der Waals surface area (Å²) < 4.78 is 0.883. The van der Waals surface area contributed by atoms with Crippen molar-refractivity contribution in [1.29, 1.82) is 0 Å². The Morgan fingerprint density at radius 1 is 1.43 bits per heavy atom. The number of aromatic nitrogens is 4. The van der Waals surface area contributed by atoms with Crippen LogP contribution in [0.25, 0.3) is 0 Å². The van der Waals surface area contributed by atoms with Gasteiger partial charge in [0.05, 0.1) is 4.47 Å². The van der Waals surface area contributed by atoms with Crippen LogP contribution in [-0.2, 0) is 0 Å². The van der Waals surface area contributed by atoms with E-state index in [1.165, 1.54) is 18.1 Å². The summed E-state index contributed by atoms with van der Waals surface area (Å²) in [5.74, 6) is 0.482. The number of hydrogen-bond acceptors (Lipinski definition) is 5. The maximum atomic E-state index is 5.56. The van der Waals surface area contributed by atoms with E-state index < -0.39 is 0 Å². The van der Waals surface area contributed by atoms with Gasteiger partial charge in [0.15, 0.2) is 5.16 Å². The Labute approximate surface area is 92.7 Å². The average molecular weight is 272 g/mol. The van der Waals surface area contributed by atoms with Crippen molar-refractivity contribution >= 4 is 33.5 Å². The molecule has 2 heterocycles. The number of aromatic amines is 1. The van der Waals surface area contributed by atoms with Crippen LogP contribution in [0.2, 0.25) is 0 Å². The van der Waals surface area contributed by atoms with E-state index in [-0.39, 0.29) is 0 Å². The molecule has 0 amide bonds. The van der Waals surface area contributed by atoms with E-state index in [1.807, 2.05) is 0 Å². The lowest BCUT2D eigenvalue weighted by atomic mass is 10.5. The van der Waals surface area contributed by atoms with Gasteiger partial charge >= 0.3 is 0 Å². The summed E-state index contributed by atoms with van der Waals surface area (Å²) in [6.45, 7) is 0. The van der Waals surface area contributed by atoms with E-state index >= 15 is 0 Å². The molecule has 0 saturated carbocycles. The van der Waals surface area contributed by atoms with Crippen LogP contribution in [0.3, 0.4) is 0 Å². The summed E-state index contributed by atoms with van der Waals surface area (Å²) in [5, 5.41) is 7.22. The molecule has 0 saturated heterocycles. The largest absolute Gasteiger partial charge is 0.384 e. The molecule has 14 heavy (non-hydrogen) atoms. The summed E-state index contributed by atoms with van der Waals surface area (Å²) in [6.07, 6.45) is 3.12. The lowest BCUT2D eigenvalue weighted by molar-refractivity contribution is 0.972. The quantitative estimate of drug-likeness (QED) is 0.869. The lowest BCUT2D eigenvalue weighted by Crippen LogP contribution is -1.90. The number of anilines is 1. The van der Waals surface area contributed by atoms with Gasteiger partial charge in [0.1, 0.15) is 12.1 Å². The van der Waals surface area contributed by atoms with Gasteiger partial charge in [-0.3, -0.25) is 5.10 Å². The first kappa shape index (κ1) is 9.47. The Morgan fingerprint density at radius 2 is 2.29 bits per heavy atom. The molecule has 0 aliphatic rings. The minimum atomic E-state index is 0.482. The van der Waals surface area contributed by atoms with Crippen molar-refractivity contribution in [2.75, 3.05) is 5.73 Å². The van der Waals surface area contributed by atoms with Gasteiger partial charge in [-0.2, -0.15) is 5.10 Å². The number of rotatable bonds is 2. The Balaban J connectivity index is 2.28. The number of H-pyrrole nitrogens is 1. The predicted molar refractivity (Wildman–Crippen MR) is 56.9 cm³/mol. The molecule has 2 aromatic rings. The van der Waals surface area contributed by atoms with Gasteiger partial charge in [-0.05, 0) is 33.8 Å². The fourth-order valence-electron chi connectivity index (χ4n) is 0.861. The third-order valence-corrected chi connectivity index (χ3v) is 3.28. The van der Waals surface area contributed by atoms with Crippen molar-refractivity contribution in [3.8, 4) is 0 Å². The zero-order chi connectivity index (χ0) is 9.97. The Bertz CT molecular complexity index is 430. The first-order valence-electron chi connectivity index (χ1n) is 3.70. The first-order chi connectivity index (χ1) is 6.75. The molecule has 0 spiro atoms. The highest BCUT2D eigenvalue weighted by molar-refractivity contribution is 9.10. The smallest absolute Gasteiger partial charge is 0.188 e. The van der Waals surface area contributed by atoms with Crippen molar-refractivity contribution in [1.82, 2.24) is 20.2 Å². The van der Waals surface area contributed by atoms with Crippen LogP contribution in [0.4, 0.5) is 5.82 Å². The topological polar surface area (TPSA) is 80.5 Å². The Hall–Kier alpha value is -1.08. The molecular formula is C7H6BrN5S. The van der Waals surface area contributed by atoms with Crippen molar-refractivity contribution < 1.29 is 0 Å². The van der Waals surface area contributed by atoms with Crippen LogP contribution < -0.4 is 5.73 Å². The van der Waals surface area contributed by atoms with E-state index in [0.717, 1.165) is 14.5 Å². The van der Waals surface area contributed by atoms with Crippen LogP contribution in [-0.4, -0.2) is 20.2 Å². The number of nitrogens with zero attached hydrogens (tertiary/aromatic N) is 3. The number of pyridine rings is 1. The Morgan fingerprint density at radius 3 is 3.00 bits per heavy atom. The molecule has 5 nitrogen and oxygen atoms in total. The molecule has 0 fully saturated rings. The van der Waals surface area contributed by atoms with E-state index in [0.29, 0.717) is 5.82 Å². The van der Waals surface area contributed by atoms with Crippen molar-refractivity contribution in [3.05, 3.63) is 23.1 Å². The second-order valence-electron chi connectivity index (χ2n) is 2.43. The summed E-state index contributed by atoms with van der Waals surface area (Å²) in [4.78, 5) is 8.89. The van der Waals surface area contributed by atoms with Gasteiger partial charge < -0.3 is 5.73 Å². The first-order valence-corrected chi connectivity index (χ1v) is 5.31. The van der Waals surface area contributed by atoms with Gasteiger partial charge in [0.2, 0.25) is 0 Å². The monoisotopic (exact) mass is 271 g/mol. The molecular weight excluding hydrogens is 266 g/mol. The minimum absolute atomic E-state index is 0.482. The molecule has 2 rings (SSSR count). The molecule has 0 bridgehead atoms. The molecule has 0 aliphatic heterocycles. The summed E-state index contributed by atoms with van der Waals surface area (Å²) in [5.41, 5.74) is 5.56. The summed E-state index contributed by atoms with van der Waals surface area (Å²) in [7, 11) is 0. The van der Waals surface area contributed by atoms with Crippen LogP contribution >= 0.6 is 27.7 Å². The molecule has 0 aliphatic carbocycles. The molecule has 0 radical (unpaired) electrons. The molecule has 0 atom stereocenters. The third kappa shape index (κ3) is 2.05. The standard InChI is InChI=1S/C7H6BrN5S/c8-4-2-10-6(9)1-5(4)14-7-11-3-12-13-7/h1-3H,(H2,9,10)(H,11,12,13). The van der Waals surface area contributed by atoms with Crippen molar-refractivity contribution in [3.63, 3.8) is 0 Å². The fraction of sp³-hybridized carbons (Fsp3) is 0. The maximum absolute atomic E-state index is 5.56. The highest BCUT2D eigenvalue weighted by Gasteiger charge is 2.05. The number of nitrogens with two attached hydrogens (primary N) is 1. The third-order valence-electron chi connectivity index (χ3n) is 1.44. The summed E-state index contributed by atoms with van der Waals surface area (Å²) in [6, 6.07) is 1.78. The number of nitrogen functional groups attached to an aromatic ring is 1. The van der Waals surface area contributed by atoms with Crippen LogP contribution in [0.1, 0.15) is 0 Å². The predicted octanol–water partition coefficient (Wildman–Crippen LogP) is 1.70. The highest BCUT2D eigenvalue weighted by Crippen LogP contribution is 2.31. The normalized spacial score (nSPS) is 10.4. The van der Waals surface area contributed by atoms with E-state index in [9.17, 15) is 0 Å². The van der Waals surface area contributed by atoms with Crippen LogP contribution in [0.15, 0.2) is 33.1 Å². The zero-order valence-electron chi connectivity index (χ0n) is 6.94. The SMILES string of the molecule is Nc1cc(Sc2ncn[nH]2)c(Br)cn1. The molecule has 0 aromatic carbocycles. The second kappa shape index (κ2) is 3.97. The van der Waals surface area contributed by atoms with Crippen LogP contribution in [0.5, 0.6) is 0 Å². The van der Waals surface area contributed by atoms with Gasteiger partial charge in [-0.1, -0.05) is 0 Å². The van der Waals surface area contributed by atoms with Crippen LogP contribution in [0, 0.1) is 0 Å². The Kier molecular flexibility index (Phi) is 2.69. The molecule has 7 heteroatoms.